The standard InChI is InChI=1S/C20H23N3O3/c1-15-5-4-6-18(11-15)26-10-9-22(2)14-23-19-8-7-16(20(24)25-3)12-17(19)13-21-23/h4-8,11-13H,9-10,14H2,1-3H3. The number of esters is 1. The Hall–Kier alpha value is -2.86. The number of benzene rings is 2. The van der Waals surface area contributed by atoms with Crippen LogP contribution in [0.4, 0.5) is 0 Å². The van der Waals surface area contributed by atoms with Crippen molar-refractivity contribution < 1.29 is 14.3 Å². The van der Waals surface area contributed by atoms with Crippen molar-refractivity contribution in [2.75, 3.05) is 27.3 Å². The predicted molar refractivity (Wildman–Crippen MR) is 100 cm³/mol. The summed E-state index contributed by atoms with van der Waals surface area (Å²) < 4.78 is 12.5. The van der Waals surface area contributed by atoms with Gasteiger partial charge in [-0.3, -0.25) is 9.58 Å². The number of carbonyl (C=O) groups is 1. The highest BCUT2D eigenvalue weighted by Crippen LogP contribution is 2.17. The van der Waals surface area contributed by atoms with E-state index in [0.29, 0.717) is 18.8 Å². The number of hydrogen-bond donors (Lipinski definition) is 0. The molecule has 0 aliphatic heterocycles. The Balaban J connectivity index is 1.58. The molecule has 0 unspecified atom stereocenters. The minimum Gasteiger partial charge on any atom is -0.492 e. The van der Waals surface area contributed by atoms with E-state index in [0.717, 1.165) is 23.2 Å². The molecule has 0 bridgehead atoms. The van der Waals surface area contributed by atoms with Gasteiger partial charge in [0.1, 0.15) is 12.4 Å². The molecule has 0 amide bonds. The van der Waals surface area contributed by atoms with Crippen LogP contribution in [0.5, 0.6) is 5.75 Å². The van der Waals surface area contributed by atoms with Crippen LogP contribution in [0.15, 0.2) is 48.7 Å². The van der Waals surface area contributed by atoms with Crippen LogP contribution in [0.3, 0.4) is 0 Å². The predicted octanol–water partition coefficient (Wildman–Crippen LogP) is 3.10. The Morgan fingerprint density at radius 1 is 1.23 bits per heavy atom. The molecule has 1 heterocycles. The highest BCUT2D eigenvalue weighted by molar-refractivity contribution is 5.94. The summed E-state index contributed by atoms with van der Waals surface area (Å²) in [6.45, 7) is 4.06. The number of rotatable bonds is 7. The largest absolute Gasteiger partial charge is 0.492 e. The van der Waals surface area contributed by atoms with Crippen molar-refractivity contribution in [2.45, 2.75) is 13.6 Å². The zero-order chi connectivity index (χ0) is 18.5. The second-order valence-electron chi connectivity index (χ2n) is 6.30. The third-order valence-electron chi connectivity index (χ3n) is 4.17. The topological polar surface area (TPSA) is 56.6 Å². The first-order valence-corrected chi connectivity index (χ1v) is 8.49. The summed E-state index contributed by atoms with van der Waals surface area (Å²) in [5.41, 5.74) is 2.69. The maximum absolute atomic E-state index is 11.6. The fourth-order valence-corrected chi connectivity index (χ4v) is 2.77. The zero-order valence-corrected chi connectivity index (χ0v) is 15.3. The Morgan fingerprint density at radius 2 is 2.08 bits per heavy atom. The van der Waals surface area contributed by atoms with Crippen LogP contribution in [0.2, 0.25) is 0 Å². The van der Waals surface area contributed by atoms with E-state index in [-0.39, 0.29) is 5.97 Å². The van der Waals surface area contributed by atoms with Crippen LogP contribution in [-0.2, 0) is 11.4 Å². The van der Waals surface area contributed by atoms with Gasteiger partial charge in [0.25, 0.3) is 0 Å². The number of hydrogen-bond acceptors (Lipinski definition) is 5. The first-order chi connectivity index (χ1) is 12.6. The summed E-state index contributed by atoms with van der Waals surface area (Å²) in [4.78, 5) is 13.8. The normalized spacial score (nSPS) is 11.1. The molecule has 6 heteroatoms. The first kappa shape index (κ1) is 17.9. The number of aromatic nitrogens is 2. The maximum atomic E-state index is 11.6. The quantitative estimate of drug-likeness (QED) is 0.611. The fraction of sp³-hybridized carbons (Fsp3) is 0.300. The van der Waals surface area contributed by atoms with Crippen molar-refractivity contribution in [3.8, 4) is 5.75 Å². The van der Waals surface area contributed by atoms with Crippen molar-refractivity contribution in [3.63, 3.8) is 0 Å². The van der Waals surface area contributed by atoms with Crippen molar-refractivity contribution in [1.82, 2.24) is 14.7 Å². The molecule has 0 atom stereocenters. The number of methoxy groups -OCH3 is 1. The minimum absolute atomic E-state index is 0.343. The van der Waals surface area contributed by atoms with Crippen LogP contribution in [0.1, 0.15) is 15.9 Å². The first-order valence-electron chi connectivity index (χ1n) is 8.49. The molecule has 0 fully saturated rings. The minimum atomic E-state index is -0.343. The van der Waals surface area contributed by atoms with Gasteiger partial charge in [0.2, 0.25) is 0 Å². The molecule has 26 heavy (non-hydrogen) atoms. The van der Waals surface area contributed by atoms with Crippen LogP contribution in [0.25, 0.3) is 10.9 Å². The van der Waals surface area contributed by atoms with E-state index < -0.39 is 0 Å². The number of carbonyl (C=O) groups excluding carboxylic acids is 1. The average Bonchev–Trinajstić information content (AvgIpc) is 3.03. The fourth-order valence-electron chi connectivity index (χ4n) is 2.77. The smallest absolute Gasteiger partial charge is 0.337 e. The molecule has 136 valence electrons. The third kappa shape index (κ3) is 4.21. The van der Waals surface area contributed by atoms with Gasteiger partial charge in [-0.1, -0.05) is 12.1 Å². The highest BCUT2D eigenvalue weighted by Gasteiger charge is 2.10. The lowest BCUT2D eigenvalue weighted by atomic mass is 10.1. The lowest BCUT2D eigenvalue weighted by Crippen LogP contribution is -2.27. The van der Waals surface area contributed by atoms with Crippen LogP contribution in [0, 0.1) is 6.92 Å². The van der Waals surface area contributed by atoms with Crippen molar-refractivity contribution in [2.24, 2.45) is 0 Å². The van der Waals surface area contributed by atoms with Gasteiger partial charge in [-0.05, 0) is 49.9 Å². The van der Waals surface area contributed by atoms with E-state index in [2.05, 4.69) is 10.00 Å². The van der Waals surface area contributed by atoms with Crippen molar-refractivity contribution in [3.05, 3.63) is 59.8 Å². The summed E-state index contributed by atoms with van der Waals surface area (Å²) in [7, 11) is 3.40. The second-order valence-corrected chi connectivity index (χ2v) is 6.30. The Labute approximate surface area is 152 Å². The Bertz CT molecular complexity index is 904. The summed E-state index contributed by atoms with van der Waals surface area (Å²) in [5, 5.41) is 5.34. The summed E-state index contributed by atoms with van der Waals surface area (Å²) in [6, 6.07) is 13.5. The van der Waals surface area contributed by atoms with Crippen molar-refractivity contribution in [1.29, 1.82) is 0 Å². The van der Waals surface area contributed by atoms with Crippen LogP contribution < -0.4 is 4.74 Å². The molecule has 0 saturated heterocycles. The lowest BCUT2D eigenvalue weighted by Gasteiger charge is -2.17. The molecular formula is C20H23N3O3. The van der Waals surface area contributed by atoms with Gasteiger partial charge in [-0.2, -0.15) is 5.10 Å². The number of nitrogens with zero attached hydrogens (tertiary/aromatic N) is 3. The monoisotopic (exact) mass is 353 g/mol. The van der Waals surface area contributed by atoms with Gasteiger partial charge in [0, 0.05) is 11.9 Å². The molecule has 2 aromatic carbocycles. The summed E-state index contributed by atoms with van der Waals surface area (Å²) in [5.74, 6) is 0.545. The average molecular weight is 353 g/mol. The van der Waals surface area contributed by atoms with Crippen LogP contribution in [-0.4, -0.2) is 48.0 Å². The summed E-state index contributed by atoms with van der Waals surface area (Å²) in [6.07, 6.45) is 1.76. The summed E-state index contributed by atoms with van der Waals surface area (Å²) >= 11 is 0. The van der Waals surface area contributed by atoms with Crippen LogP contribution >= 0.6 is 0 Å². The molecule has 0 spiro atoms. The molecule has 0 radical (unpaired) electrons. The molecule has 0 saturated carbocycles. The Kier molecular flexibility index (Phi) is 5.53. The van der Waals surface area contributed by atoms with E-state index in [4.69, 9.17) is 9.47 Å². The molecule has 0 aliphatic rings. The van der Waals surface area contributed by atoms with Gasteiger partial charge in [0.15, 0.2) is 0 Å². The van der Waals surface area contributed by atoms with Crippen molar-refractivity contribution >= 4 is 16.9 Å². The molecule has 1 aromatic heterocycles. The van der Waals surface area contributed by atoms with Gasteiger partial charge >= 0.3 is 5.97 Å². The van der Waals surface area contributed by atoms with Gasteiger partial charge in [-0.25, -0.2) is 4.79 Å². The molecule has 3 aromatic rings. The van der Waals surface area contributed by atoms with E-state index in [9.17, 15) is 4.79 Å². The van der Waals surface area contributed by atoms with E-state index >= 15 is 0 Å². The van der Waals surface area contributed by atoms with E-state index in [1.807, 2.05) is 49.0 Å². The third-order valence-corrected chi connectivity index (χ3v) is 4.17. The lowest BCUT2D eigenvalue weighted by molar-refractivity contribution is 0.0601. The molecule has 0 aliphatic carbocycles. The van der Waals surface area contributed by atoms with E-state index in [1.165, 1.54) is 12.7 Å². The zero-order valence-electron chi connectivity index (χ0n) is 15.3. The van der Waals surface area contributed by atoms with Gasteiger partial charge in [-0.15, -0.1) is 0 Å². The molecule has 3 rings (SSSR count). The number of likely N-dealkylation sites (N-methyl/N-ethyl adjacent to an activating group) is 1. The van der Waals surface area contributed by atoms with Gasteiger partial charge < -0.3 is 9.47 Å². The highest BCUT2D eigenvalue weighted by atomic mass is 16.5. The van der Waals surface area contributed by atoms with Gasteiger partial charge in [0.05, 0.1) is 31.1 Å². The Morgan fingerprint density at radius 3 is 2.85 bits per heavy atom. The molecular weight excluding hydrogens is 330 g/mol. The SMILES string of the molecule is COC(=O)c1ccc2c(cnn2CN(C)CCOc2cccc(C)c2)c1. The maximum Gasteiger partial charge on any atom is 0.337 e. The van der Waals surface area contributed by atoms with E-state index in [1.54, 1.807) is 18.3 Å². The molecule has 6 nitrogen and oxygen atoms in total. The molecule has 0 N–H and O–H groups in total. The second kappa shape index (κ2) is 8.01. The number of ether oxygens (including phenoxy) is 2. The number of fused-ring (bicyclic) bond motifs is 1. The number of aryl methyl sites for hydroxylation is 1.